The Bertz CT molecular complexity index is 432. The van der Waals surface area contributed by atoms with Crippen molar-refractivity contribution in [2.75, 3.05) is 0 Å². The van der Waals surface area contributed by atoms with E-state index in [0.717, 1.165) is 17.0 Å². The van der Waals surface area contributed by atoms with E-state index in [0.29, 0.717) is 0 Å². The topological polar surface area (TPSA) is 25.8 Å². The molecule has 0 amide bonds. The van der Waals surface area contributed by atoms with Gasteiger partial charge in [-0.3, -0.25) is 9.97 Å². The summed E-state index contributed by atoms with van der Waals surface area (Å²) in [6.07, 6.45) is 3.68. The molecule has 0 saturated heterocycles. The van der Waals surface area contributed by atoms with Crippen LogP contribution in [-0.4, -0.2) is 9.97 Å². The second kappa shape index (κ2) is 3.58. The van der Waals surface area contributed by atoms with Crippen LogP contribution in [0.3, 0.4) is 0 Å². The van der Waals surface area contributed by atoms with Crippen LogP contribution >= 0.6 is 0 Å². The number of aromatic nitrogens is 2. The van der Waals surface area contributed by atoms with Crippen LogP contribution in [-0.2, 0) is 0 Å². The molecule has 2 rings (SSSR count). The van der Waals surface area contributed by atoms with Crippen LogP contribution in [0, 0.1) is 13.8 Å². The molecule has 0 aliphatic rings. The lowest BCUT2D eigenvalue weighted by Crippen LogP contribution is -1.86. The molecule has 0 bridgehead atoms. The Labute approximate surface area is 83.7 Å². The van der Waals surface area contributed by atoms with E-state index in [4.69, 9.17) is 0 Å². The molecule has 14 heavy (non-hydrogen) atoms. The van der Waals surface area contributed by atoms with Crippen molar-refractivity contribution < 1.29 is 0 Å². The van der Waals surface area contributed by atoms with E-state index in [1.165, 1.54) is 5.56 Å². The van der Waals surface area contributed by atoms with Crippen LogP contribution in [0.5, 0.6) is 0 Å². The zero-order chi connectivity index (χ0) is 9.97. The number of hydrogen-bond acceptors (Lipinski definition) is 2. The molecule has 0 radical (unpaired) electrons. The maximum atomic E-state index is 4.30. The molecular formula is C12H12N2. The average Bonchev–Trinajstić information content (AvgIpc) is 2.19. The zero-order valence-electron chi connectivity index (χ0n) is 8.36. The van der Waals surface area contributed by atoms with E-state index in [1.54, 1.807) is 0 Å². The van der Waals surface area contributed by atoms with Crippen molar-refractivity contribution in [3.8, 4) is 11.3 Å². The molecule has 0 saturated carbocycles. The van der Waals surface area contributed by atoms with Gasteiger partial charge < -0.3 is 0 Å². The van der Waals surface area contributed by atoms with Crippen molar-refractivity contribution in [3.05, 3.63) is 47.9 Å². The molecule has 0 N–H and O–H groups in total. The minimum atomic E-state index is 0.984. The van der Waals surface area contributed by atoms with E-state index >= 15 is 0 Å². The third-order valence-corrected chi connectivity index (χ3v) is 2.12. The highest BCUT2D eigenvalue weighted by molar-refractivity contribution is 5.58. The second-order valence-corrected chi connectivity index (χ2v) is 3.41. The molecule has 2 heterocycles. The van der Waals surface area contributed by atoms with Gasteiger partial charge in [-0.2, -0.15) is 0 Å². The largest absolute Gasteiger partial charge is 0.261 e. The van der Waals surface area contributed by atoms with Crippen molar-refractivity contribution in [1.29, 1.82) is 0 Å². The van der Waals surface area contributed by atoms with Crippen LogP contribution in [0.1, 0.15) is 11.3 Å². The Kier molecular flexibility index (Phi) is 2.27. The number of nitrogens with zero attached hydrogens (tertiary/aromatic N) is 2. The summed E-state index contributed by atoms with van der Waals surface area (Å²) in [6.45, 7) is 4.04. The molecule has 0 unspecified atom stereocenters. The van der Waals surface area contributed by atoms with Gasteiger partial charge in [0.25, 0.3) is 0 Å². The maximum Gasteiger partial charge on any atom is 0.0720 e. The van der Waals surface area contributed by atoms with Crippen LogP contribution in [0.25, 0.3) is 11.3 Å². The van der Waals surface area contributed by atoms with Gasteiger partial charge in [0.05, 0.1) is 5.69 Å². The van der Waals surface area contributed by atoms with Crippen molar-refractivity contribution in [2.45, 2.75) is 13.8 Å². The van der Waals surface area contributed by atoms with E-state index in [-0.39, 0.29) is 0 Å². The SMILES string of the molecule is Cc1ccnc(-c2ccc(C)nc2)c1. The van der Waals surface area contributed by atoms with Crippen LogP contribution < -0.4 is 0 Å². The average molecular weight is 184 g/mol. The highest BCUT2D eigenvalue weighted by Crippen LogP contribution is 2.16. The molecule has 2 aromatic heterocycles. The number of hydrogen-bond donors (Lipinski definition) is 0. The number of aryl methyl sites for hydroxylation is 2. The number of pyridine rings is 2. The van der Waals surface area contributed by atoms with Gasteiger partial charge in [-0.05, 0) is 43.7 Å². The molecule has 0 atom stereocenters. The van der Waals surface area contributed by atoms with Crippen molar-refractivity contribution in [3.63, 3.8) is 0 Å². The fourth-order valence-corrected chi connectivity index (χ4v) is 1.31. The van der Waals surface area contributed by atoms with Crippen molar-refractivity contribution in [2.24, 2.45) is 0 Å². The van der Waals surface area contributed by atoms with Gasteiger partial charge in [0.2, 0.25) is 0 Å². The van der Waals surface area contributed by atoms with Gasteiger partial charge in [-0.25, -0.2) is 0 Å². The molecule has 0 aliphatic carbocycles. The zero-order valence-corrected chi connectivity index (χ0v) is 8.36. The Morgan fingerprint density at radius 3 is 2.50 bits per heavy atom. The first-order valence-electron chi connectivity index (χ1n) is 4.61. The Morgan fingerprint density at radius 2 is 1.86 bits per heavy atom. The minimum absolute atomic E-state index is 0.984. The van der Waals surface area contributed by atoms with Gasteiger partial charge in [0.15, 0.2) is 0 Å². The fourth-order valence-electron chi connectivity index (χ4n) is 1.31. The predicted octanol–water partition coefficient (Wildman–Crippen LogP) is 2.76. The van der Waals surface area contributed by atoms with Gasteiger partial charge >= 0.3 is 0 Å². The Balaban J connectivity index is 2.44. The highest BCUT2D eigenvalue weighted by atomic mass is 14.7. The van der Waals surface area contributed by atoms with Gasteiger partial charge in [-0.1, -0.05) is 0 Å². The van der Waals surface area contributed by atoms with Crippen LogP contribution in [0.15, 0.2) is 36.7 Å². The number of rotatable bonds is 1. The first kappa shape index (κ1) is 8.88. The molecule has 0 aromatic carbocycles. The maximum absolute atomic E-state index is 4.30. The molecule has 2 nitrogen and oxygen atoms in total. The van der Waals surface area contributed by atoms with Gasteiger partial charge in [-0.15, -0.1) is 0 Å². The summed E-state index contributed by atoms with van der Waals surface area (Å²) in [5.74, 6) is 0. The van der Waals surface area contributed by atoms with Gasteiger partial charge in [0, 0.05) is 23.7 Å². The van der Waals surface area contributed by atoms with E-state index < -0.39 is 0 Å². The quantitative estimate of drug-likeness (QED) is 0.681. The molecule has 0 aliphatic heterocycles. The Morgan fingerprint density at radius 1 is 1.00 bits per heavy atom. The molecule has 2 heteroatoms. The second-order valence-electron chi connectivity index (χ2n) is 3.41. The van der Waals surface area contributed by atoms with Crippen molar-refractivity contribution >= 4 is 0 Å². The van der Waals surface area contributed by atoms with Gasteiger partial charge in [0.1, 0.15) is 0 Å². The summed E-state index contributed by atoms with van der Waals surface area (Å²) >= 11 is 0. The summed E-state index contributed by atoms with van der Waals surface area (Å²) in [7, 11) is 0. The fraction of sp³-hybridized carbons (Fsp3) is 0.167. The molecule has 0 fully saturated rings. The molecule has 2 aromatic rings. The monoisotopic (exact) mass is 184 g/mol. The third-order valence-electron chi connectivity index (χ3n) is 2.12. The van der Waals surface area contributed by atoms with E-state index in [1.807, 2.05) is 37.5 Å². The summed E-state index contributed by atoms with van der Waals surface area (Å²) in [5.41, 5.74) is 4.30. The lowest BCUT2D eigenvalue weighted by molar-refractivity contribution is 1.19. The molecule has 70 valence electrons. The highest BCUT2D eigenvalue weighted by Gasteiger charge is 1.98. The van der Waals surface area contributed by atoms with Crippen molar-refractivity contribution in [1.82, 2.24) is 9.97 Å². The van der Waals surface area contributed by atoms with Crippen LogP contribution in [0.4, 0.5) is 0 Å². The van der Waals surface area contributed by atoms with Crippen LogP contribution in [0.2, 0.25) is 0 Å². The summed E-state index contributed by atoms with van der Waals surface area (Å²) in [5, 5.41) is 0. The lowest BCUT2D eigenvalue weighted by atomic mass is 10.1. The summed E-state index contributed by atoms with van der Waals surface area (Å²) in [6, 6.07) is 8.10. The molecular weight excluding hydrogens is 172 g/mol. The standard InChI is InChI=1S/C12H12N2/c1-9-5-6-13-12(7-9)11-4-3-10(2)14-8-11/h3-8H,1-2H3. The first-order chi connectivity index (χ1) is 6.75. The summed E-state index contributed by atoms with van der Waals surface area (Å²) < 4.78 is 0. The van der Waals surface area contributed by atoms with E-state index in [9.17, 15) is 0 Å². The minimum Gasteiger partial charge on any atom is -0.261 e. The van der Waals surface area contributed by atoms with E-state index in [2.05, 4.69) is 23.0 Å². The summed E-state index contributed by atoms with van der Waals surface area (Å²) in [4.78, 5) is 8.54. The lowest BCUT2D eigenvalue weighted by Gasteiger charge is -2.01. The molecule has 0 spiro atoms. The smallest absolute Gasteiger partial charge is 0.0720 e. The first-order valence-corrected chi connectivity index (χ1v) is 4.61. The Hall–Kier alpha value is -1.70. The predicted molar refractivity (Wildman–Crippen MR) is 56.9 cm³/mol. The third kappa shape index (κ3) is 1.79. The normalized spacial score (nSPS) is 10.1.